The highest BCUT2D eigenvalue weighted by atomic mass is 16.5. The molecule has 0 saturated carbocycles. The highest BCUT2D eigenvalue weighted by Gasteiger charge is 1.98. The molecule has 0 heterocycles. The van der Waals surface area contributed by atoms with Crippen LogP contribution >= 0.6 is 0 Å². The molecular formula is C12H23NO2. The summed E-state index contributed by atoms with van der Waals surface area (Å²) in [6.07, 6.45) is 8.48. The third kappa shape index (κ3) is 9.74. The molecule has 0 spiro atoms. The molecule has 3 heteroatoms. The summed E-state index contributed by atoms with van der Waals surface area (Å²) in [6.45, 7) is 5.22. The van der Waals surface area contributed by atoms with E-state index in [9.17, 15) is 0 Å². The Kier molecular flexibility index (Phi) is 11.1. The molecule has 0 aromatic carbocycles. The average Bonchev–Trinajstić information content (AvgIpc) is 2.27. The minimum absolute atomic E-state index is 0.222. The third-order valence-corrected chi connectivity index (χ3v) is 2.15. The van der Waals surface area contributed by atoms with Gasteiger partial charge in [-0.15, -0.1) is 6.42 Å². The average molecular weight is 213 g/mol. The van der Waals surface area contributed by atoms with E-state index in [1.807, 2.05) is 0 Å². The molecule has 0 radical (unpaired) electrons. The van der Waals surface area contributed by atoms with E-state index in [1.165, 1.54) is 0 Å². The van der Waals surface area contributed by atoms with Crippen molar-refractivity contribution >= 4 is 0 Å². The van der Waals surface area contributed by atoms with Crippen LogP contribution < -0.4 is 5.32 Å². The van der Waals surface area contributed by atoms with E-state index in [4.69, 9.17) is 15.9 Å². The molecule has 0 aromatic rings. The molecule has 0 amide bonds. The van der Waals surface area contributed by atoms with Crippen LogP contribution in [0.4, 0.5) is 0 Å². The number of nitrogens with one attached hydrogen (secondary N) is 1. The molecule has 15 heavy (non-hydrogen) atoms. The molecule has 88 valence electrons. The Morgan fingerprint density at radius 2 is 2.07 bits per heavy atom. The van der Waals surface area contributed by atoms with E-state index in [2.05, 4.69) is 18.2 Å². The third-order valence-electron chi connectivity index (χ3n) is 2.15. The zero-order valence-electron chi connectivity index (χ0n) is 9.92. The topological polar surface area (TPSA) is 30.5 Å². The van der Waals surface area contributed by atoms with Crippen molar-refractivity contribution in [2.45, 2.75) is 32.2 Å². The van der Waals surface area contributed by atoms with Gasteiger partial charge in [0.05, 0.1) is 19.3 Å². The van der Waals surface area contributed by atoms with Crippen molar-refractivity contribution in [1.82, 2.24) is 5.32 Å². The predicted octanol–water partition coefficient (Wildman–Crippen LogP) is 1.43. The summed E-state index contributed by atoms with van der Waals surface area (Å²) in [5, 5.41) is 3.30. The van der Waals surface area contributed by atoms with Crippen LogP contribution in [-0.2, 0) is 9.47 Å². The normalized spacial score (nSPS) is 12.3. The fourth-order valence-electron chi connectivity index (χ4n) is 1.17. The Labute approximate surface area is 93.5 Å². The maximum atomic E-state index is 5.34. The number of terminal acetylenes is 1. The molecule has 0 rings (SSSR count). The Morgan fingerprint density at radius 1 is 1.27 bits per heavy atom. The van der Waals surface area contributed by atoms with Gasteiger partial charge in [-0.2, -0.15) is 0 Å². The predicted molar refractivity (Wildman–Crippen MR) is 62.8 cm³/mol. The molecule has 0 aliphatic carbocycles. The first-order valence-corrected chi connectivity index (χ1v) is 5.61. The van der Waals surface area contributed by atoms with E-state index in [0.717, 1.165) is 32.4 Å². The number of unbranched alkanes of at least 4 members (excludes halogenated alkanes) is 1. The monoisotopic (exact) mass is 213 g/mol. The second-order valence-corrected chi connectivity index (χ2v) is 3.39. The fourth-order valence-corrected chi connectivity index (χ4v) is 1.17. The lowest BCUT2D eigenvalue weighted by Gasteiger charge is -2.10. The van der Waals surface area contributed by atoms with Crippen LogP contribution in [0.5, 0.6) is 0 Å². The van der Waals surface area contributed by atoms with Crippen LogP contribution in [0.25, 0.3) is 0 Å². The molecule has 0 saturated heterocycles. The first kappa shape index (κ1) is 14.4. The highest BCUT2D eigenvalue weighted by Crippen LogP contribution is 1.92. The molecule has 0 aliphatic heterocycles. The van der Waals surface area contributed by atoms with Crippen LogP contribution in [0.2, 0.25) is 0 Å². The van der Waals surface area contributed by atoms with E-state index >= 15 is 0 Å². The molecular weight excluding hydrogens is 190 g/mol. The lowest BCUT2D eigenvalue weighted by molar-refractivity contribution is 0.0688. The molecule has 1 unspecified atom stereocenters. The first-order chi connectivity index (χ1) is 7.35. The SMILES string of the molecule is C#CC(CC)NCCCCOCCOC. The molecule has 1 atom stereocenters. The van der Waals surface area contributed by atoms with Gasteiger partial charge in [-0.1, -0.05) is 12.8 Å². The molecule has 3 nitrogen and oxygen atoms in total. The lowest BCUT2D eigenvalue weighted by Crippen LogP contribution is -2.27. The van der Waals surface area contributed by atoms with Crippen LogP contribution in [0.15, 0.2) is 0 Å². The summed E-state index contributed by atoms with van der Waals surface area (Å²) >= 11 is 0. The number of hydrogen-bond donors (Lipinski definition) is 1. The number of rotatable bonds is 10. The van der Waals surface area contributed by atoms with Gasteiger partial charge < -0.3 is 14.8 Å². The maximum Gasteiger partial charge on any atom is 0.0700 e. The smallest absolute Gasteiger partial charge is 0.0700 e. The first-order valence-electron chi connectivity index (χ1n) is 5.61. The summed E-state index contributed by atoms with van der Waals surface area (Å²) in [5.41, 5.74) is 0. The van der Waals surface area contributed by atoms with Gasteiger partial charge in [0.15, 0.2) is 0 Å². The zero-order chi connectivity index (χ0) is 11.4. The zero-order valence-corrected chi connectivity index (χ0v) is 9.92. The van der Waals surface area contributed by atoms with E-state index in [0.29, 0.717) is 13.2 Å². The summed E-state index contributed by atoms with van der Waals surface area (Å²) in [4.78, 5) is 0. The fraction of sp³-hybridized carbons (Fsp3) is 0.833. The van der Waals surface area contributed by atoms with Crippen LogP contribution in [-0.4, -0.2) is 39.5 Å². The van der Waals surface area contributed by atoms with Crippen molar-refractivity contribution in [3.8, 4) is 12.3 Å². The summed E-state index contributed by atoms with van der Waals surface area (Å²) in [5.74, 6) is 2.71. The van der Waals surface area contributed by atoms with Crippen LogP contribution in [0.1, 0.15) is 26.2 Å². The van der Waals surface area contributed by atoms with Crippen molar-refractivity contribution in [2.75, 3.05) is 33.5 Å². The Hall–Kier alpha value is -0.560. The van der Waals surface area contributed by atoms with Gasteiger partial charge >= 0.3 is 0 Å². The van der Waals surface area contributed by atoms with Crippen molar-refractivity contribution in [3.05, 3.63) is 0 Å². The quantitative estimate of drug-likeness (QED) is 0.440. The van der Waals surface area contributed by atoms with Crippen molar-refractivity contribution < 1.29 is 9.47 Å². The number of methoxy groups -OCH3 is 1. The molecule has 0 fully saturated rings. The van der Waals surface area contributed by atoms with E-state index < -0.39 is 0 Å². The van der Waals surface area contributed by atoms with Gasteiger partial charge in [0, 0.05) is 13.7 Å². The van der Waals surface area contributed by atoms with Gasteiger partial charge in [-0.05, 0) is 25.8 Å². The van der Waals surface area contributed by atoms with Crippen LogP contribution in [0.3, 0.4) is 0 Å². The van der Waals surface area contributed by atoms with Crippen molar-refractivity contribution in [2.24, 2.45) is 0 Å². The highest BCUT2D eigenvalue weighted by molar-refractivity contribution is 4.97. The van der Waals surface area contributed by atoms with Gasteiger partial charge in [0.25, 0.3) is 0 Å². The van der Waals surface area contributed by atoms with Crippen LogP contribution in [0, 0.1) is 12.3 Å². The maximum absolute atomic E-state index is 5.34. The van der Waals surface area contributed by atoms with Crippen molar-refractivity contribution in [1.29, 1.82) is 0 Å². The summed E-state index contributed by atoms with van der Waals surface area (Å²) < 4.78 is 10.2. The largest absolute Gasteiger partial charge is 0.382 e. The molecule has 1 N–H and O–H groups in total. The van der Waals surface area contributed by atoms with Crippen molar-refractivity contribution in [3.63, 3.8) is 0 Å². The van der Waals surface area contributed by atoms with Gasteiger partial charge in [-0.3, -0.25) is 0 Å². The lowest BCUT2D eigenvalue weighted by atomic mass is 10.2. The van der Waals surface area contributed by atoms with Gasteiger partial charge in [0.1, 0.15) is 0 Å². The Balaban J connectivity index is 3.08. The van der Waals surface area contributed by atoms with E-state index in [1.54, 1.807) is 7.11 Å². The molecule has 0 aromatic heterocycles. The minimum Gasteiger partial charge on any atom is -0.382 e. The number of hydrogen-bond acceptors (Lipinski definition) is 3. The number of ether oxygens (including phenoxy) is 2. The van der Waals surface area contributed by atoms with Gasteiger partial charge in [-0.25, -0.2) is 0 Å². The second kappa shape index (κ2) is 11.5. The Bertz CT molecular complexity index is 165. The summed E-state index contributed by atoms with van der Waals surface area (Å²) in [7, 11) is 1.68. The van der Waals surface area contributed by atoms with Gasteiger partial charge in [0.2, 0.25) is 0 Å². The Morgan fingerprint density at radius 3 is 2.67 bits per heavy atom. The minimum atomic E-state index is 0.222. The van der Waals surface area contributed by atoms with E-state index in [-0.39, 0.29) is 6.04 Å². The standard InChI is InChI=1S/C12H23NO2/c1-4-12(5-2)13-8-6-7-9-15-11-10-14-3/h1,12-13H,5-11H2,2-3H3. The molecule has 0 aliphatic rings. The molecule has 0 bridgehead atoms. The summed E-state index contributed by atoms with van der Waals surface area (Å²) in [6, 6.07) is 0.222. The second-order valence-electron chi connectivity index (χ2n) is 3.39.